The van der Waals surface area contributed by atoms with Crippen molar-refractivity contribution in [2.24, 2.45) is 5.73 Å². The minimum atomic E-state index is -1.11. The van der Waals surface area contributed by atoms with Gasteiger partial charge < -0.3 is 35.7 Å². The fourth-order valence-corrected chi connectivity index (χ4v) is 4.52. The number of aliphatic hydroxyl groups is 1. The van der Waals surface area contributed by atoms with E-state index in [-0.39, 0.29) is 0 Å². The van der Waals surface area contributed by atoms with E-state index in [9.17, 15) is 9.90 Å². The van der Waals surface area contributed by atoms with Gasteiger partial charge in [-0.15, -0.1) is 0 Å². The van der Waals surface area contributed by atoms with Crippen LogP contribution in [0.5, 0.6) is 5.75 Å². The van der Waals surface area contributed by atoms with Crippen molar-refractivity contribution in [3.63, 3.8) is 0 Å². The molecule has 13 nitrogen and oxygen atoms in total. The first-order valence-corrected chi connectivity index (χ1v) is 12.3. The maximum Gasteiger partial charge on any atom is 0.250 e. The number of fused-ring (bicyclic) bond motifs is 1. The molecule has 13 heteroatoms. The monoisotopic (exact) mass is 512 g/mol. The van der Waals surface area contributed by atoms with Crippen LogP contribution in [0.1, 0.15) is 11.8 Å². The first-order valence-electron chi connectivity index (χ1n) is 12.3. The summed E-state index contributed by atoms with van der Waals surface area (Å²) in [6.45, 7) is 5.38. The average Bonchev–Trinajstić information content (AvgIpc) is 3.49. The molecular weight excluding hydrogens is 480 g/mol. The molecule has 2 saturated heterocycles. The zero-order valence-electron chi connectivity index (χ0n) is 20.6. The Labute approximate surface area is 213 Å². The molecule has 5 rings (SSSR count). The number of likely N-dealkylation sites (N-methyl/N-ethyl adjacent to an activating group) is 1. The van der Waals surface area contributed by atoms with Gasteiger partial charge in [-0.2, -0.15) is 0 Å². The van der Waals surface area contributed by atoms with Crippen LogP contribution in [-0.2, 0) is 20.8 Å². The van der Waals surface area contributed by atoms with Gasteiger partial charge in [-0.3, -0.25) is 14.3 Å². The van der Waals surface area contributed by atoms with Gasteiger partial charge in [0.1, 0.15) is 24.8 Å². The van der Waals surface area contributed by atoms with Crippen LogP contribution in [0.4, 0.5) is 5.82 Å². The molecule has 0 saturated carbocycles. The minimum Gasteiger partial charge on any atom is -0.492 e. The number of nitrogens with two attached hydrogens (primary N) is 1. The fourth-order valence-electron chi connectivity index (χ4n) is 4.52. The zero-order valence-corrected chi connectivity index (χ0v) is 20.6. The minimum absolute atomic E-state index is 0.400. The molecule has 3 aromatic rings. The SMILES string of the molecule is CNC(=O)C1OC(n2cnc3c(NCc4cccc(OCCN5CCOCC5)c4)ncnc32)C(O)C1N. The van der Waals surface area contributed by atoms with Crippen LogP contribution < -0.4 is 21.1 Å². The molecule has 1 aromatic carbocycles. The van der Waals surface area contributed by atoms with Gasteiger partial charge in [0, 0.05) is 33.2 Å². The predicted molar refractivity (Wildman–Crippen MR) is 134 cm³/mol. The van der Waals surface area contributed by atoms with Crippen molar-refractivity contribution in [3.8, 4) is 5.75 Å². The Morgan fingerprint density at radius 1 is 1.27 bits per heavy atom. The molecule has 0 aliphatic carbocycles. The van der Waals surface area contributed by atoms with E-state index < -0.39 is 30.4 Å². The van der Waals surface area contributed by atoms with E-state index in [1.165, 1.54) is 19.7 Å². The van der Waals surface area contributed by atoms with Crippen molar-refractivity contribution in [3.05, 3.63) is 42.5 Å². The topological polar surface area (TPSA) is 162 Å². The number of benzene rings is 1. The lowest BCUT2D eigenvalue weighted by molar-refractivity contribution is -0.134. The summed E-state index contributed by atoms with van der Waals surface area (Å²) < 4.78 is 18.7. The summed E-state index contributed by atoms with van der Waals surface area (Å²) in [5.74, 6) is 0.934. The van der Waals surface area contributed by atoms with Gasteiger partial charge in [-0.25, -0.2) is 15.0 Å². The number of anilines is 1. The summed E-state index contributed by atoms with van der Waals surface area (Å²) in [6, 6.07) is 7.01. The van der Waals surface area contributed by atoms with E-state index in [0.29, 0.717) is 30.1 Å². The molecule has 2 aliphatic heterocycles. The number of aliphatic hydroxyl groups excluding tert-OH is 1. The number of carbonyl (C=O) groups excluding carboxylic acids is 1. The second-order valence-corrected chi connectivity index (χ2v) is 8.98. The van der Waals surface area contributed by atoms with Gasteiger partial charge in [0.2, 0.25) is 0 Å². The first-order chi connectivity index (χ1) is 18.0. The Hall–Kier alpha value is -3.36. The third-order valence-electron chi connectivity index (χ3n) is 6.60. The third kappa shape index (κ3) is 5.50. The first kappa shape index (κ1) is 25.3. The summed E-state index contributed by atoms with van der Waals surface area (Å²) in [6.07, 6.45) is -0.0927. The van der Waals surface area contributed by atoms with E-state index in [1.54, 1.807) is 4.57 Å². The number of ether oxygens (including phenoxy) is 3. The number of nitrogens with zero attached hydrogens (tertiary/aromatic N) is 5. The zero-order chi connectivity index (χ0) is 25.8. The quantitative estimate of drug-likeness (QED) is 0.292. The van der Waals surface area contributed by atoms with E-state index in [2.05, 4.69) is 30.5 Å². The lowest BCUT2D eigenvalue weighted by Crippen LogP contribution is -2.46. The number of imidazole rings is 1. The predicted octanol–water partition coefficient (Wildman–Crippen LogP) is -0.519. The number of carbonyl (C=O) groups is 1. The number of hydrogen-bond acceptors (Lipinski definition) is 11. The smallest absolute Gasteiger partial charge is 0.250 e. The molecule has 2 fully saturated rings. The van der Waals surface area contributed by atoms with Crippen molar-refractivity contribution >= 4 is 22.9 Å². The number of amides is 1. The average molecular weight is 513 g/mol. The lowest BCUT2D eigenvalue weighted by atomic mass is 10.1. The molecule has 4 unspecified atom stereocenters. The van der Waals surface area contributed by atoms with Crippen molar-refractivity contribution in [2.75, 3.05) is 51.8 Å². The molecule has 0 spiro atoms. The van der Waals surface area contributed by atoms with Gasteiger partial charge in [0.05, 0.1) is 25.6 Å². The Morgan fingerprint density at radius 3 is 2.92 bits per heavy atom. The van der Waals surface area contributed by atoms with Crippen LogP contribution >= 0.6 is 0 Å². The number of rotatable bonds is 9. The second kappa shape index (κ2) is 11.4. The van der Waals surface area contributed by atoms with Gasteiger partial charge in [-0.1, -0.05) is 12.1 Å². The molecule has 1 amide bonds. The van der Waals surface area contributed by atoms with Gasteiger partial charge in [0.25, 0.3) is 5.91 Å². The molecular formula is C24H32N8O5. The number of aromatic nitrogens is 4. The van der Waals surface area contributed by atoms with E-state index in [4.69, 9.17) is 19.9 Å². The van der Waals surface area contributed by atoms with Crippen LogP contribution in [0.15, 0.2) is 36.9 Å². The summed E-state index contributed by atoms with van der Waals surface area (Å²) in [5, 5.41) is 16.4. The van der Waals surface area contributed by atoms with Crippen LogP contribution in [0, 0.1) is 0 Å². The molecule has 198 valence electrons. The van der Waals surface area contributed by atoms with E-state index in [1.807, 2.05) is 24.3 Å². The summed E-state index contributed by atoms with van der Waals surface area (Å²) in [7, 11) is 1.49. The summed E-state index contributed by atoms with van der Waals surface area (Å²) >= 11 is 0. The van der Waals surface area contributed by atoms with Crippen molar-refractivity contribution < 1.29 is 24.1 Å². The normalized spacial score (nSPS) is 24.3. The largest absolute Gasteiger partial charge is 0.492 e. The van der Waals surface area contributed by atoms with Gasteiger partial charge >= 0.3 is 0 Å². The van der Waals surface area contributed by atoms with Crippen molar-refractivity contribution in [1.29, 1.82) is 0 Å². The third-order valence-corrected chi connectivity index (χ3v) is 6.60. The van der Waals surface area contributed by atoms with Gasteiger partial charge in [0.15, 0.2) is 29.3 Å². The molecule has 0 radical (unpaired) electrons. The molecule has 4 heterocycles. The summed E-state index contributed by atoms with van der Waals surface area (Å²) in [4.78, 5) is 27.5. The van der Waals surface area contributed by atoms with Crippen LogP contribution in [0.2, 0.25) is 0 Å². The Morgan fingerprint density at radius 2 is 2.11 bits per heavy atom. The molecule has 37 heavy (non-hydrogen) atoms. The van der Waals surface area contributed by atoms with Crippen LogP contribution in [-0.4, -0.2) is 100 Å². The van der Waals surface area contributed by atoms with Crippen LogP contribution in [0.3, 0.4) is 0 Å². The Bertz CT molecular complexity index is 1220. The fraction of sp³-hybridized carbons (Fsp3) is 0.500. The Kier molecular flexibility index (Phi) is 7.76. The lowest BCUT2D eigenvalue weighted by Gasteiger charge is -2.26. The molecule has 2 aliphatic rings. The number of hydrogen-bond donors (Lipinski definition) is 4. The highest BCUT2D eigenvalue weighted by Gasteiger charge is 2.46. The highest BCUT2D eigenvalue weighted by Crippen LogP contribution is 2.31. The highest BCUT2D eigenvalue weighted by molar-refractivity contribution is 5.83. The molecule has 5 N–H and O–H groups in total. The van der Waals surface area contributed by atoms with Crippen LogP contribution in [0.25, 0.3) is 11.2 Å². The number of morpholine rings is 1. The van der Waals surface area contributed by atoms with E-state index in [0.717, 1.165) is 44.2 Å². The molecule has 0 bridgehead atoms. The van der Waals surface area contributed by atoms with Crippen molar-refractivity contribution in [1.82, 2.24) is 29.7 Å². The maximum absolute atomic E-state index is 12.1. The Balaban J connectivity index is 1.23. The molecule has 2 aromatic heterocycles. The maximum atomic E-state index is 12.1. The van der Waals surface area contributed by atoms with Crippen molar-refractivity contribution in [2.45, 2.75) is 31.0 Å². The standard InChI is InChI=1S/C24H32N8O5/c1-26-23(34)20-17(25)19(33)24(37-20)32-14-30-18-21(28-13-29-22(18)32)27-12-15-3-2-4-16(11-15)36-10-7-31-5-8-35-9-6-31/h2-4,11,13-14,17,19-20,24,33H,5-10,12,25H2,1H3,(H,26,34)(H,27,28,29). The van der Waals surface area contributed by atoms with Gasteiger partial charge in [-0.05, 0) is 17.7 Å². The number of nitrogens with one attached hydrogen (secondary N) is 2. The summed E-state index contributed by atoms with van der Waals surface area (Å²) in [5.41, 5.74) is 8.01. The second-order valence-electron chi connectivity index (χ2n) is 8.98. The van der Waals surface area contributed by atoms with E-state index >= 15 is 0 Å². The highest BCUT2D eigenvalue weighted by atomic mass is 16.5. The molecule has 4 atom stereocenters.